The molecule has 0 spiro atoms. The summed E-state index contributed by atoms with van der Waals surface area (Å²) in [7, 11) is 0. The van der Waals surface area contributed by atoms with Crippen molar-refractivity contribution in [3.05, 3.63) is 53.1 Å². The van der Waals surface area contributed by atoms with E-state index in [4.69, 9.17) is 4.74 Å². The summed E-state index contributed by atoms with van der Waals surface area (Å²) < 4.78 is 5.31. The van der Waals surface area contributed by atoms with Crippen molar-refractivity contribution in [2.75, 3.05) is 11.9 Å². The van der Waals surface area contributed by atoms with Crippen molar-refractivity contribution < 1.29 is 19.4 Å². The van der Waals surface area contributed by atoms with Gasteiger partial charge < -0.3 is 15.2 Å². The van der Waals surface area contributed by atoms with E-state index in [1.165, 1.54) is 6.92 Å². The van der Waals surface area contributed by atoms with Crippen molar-refractivity contribution in [2.24, 2.45) is 5.92 Å². The molecule has 0 saturated heterocycles. The molecule has 0 fully saturated rings. The molecule has 0 atom stereocenters. The number of phenols is 1. The number of aryl methyl sites for hydroxylation is 2. The molecule has 176 valence electrons. The quantitative estimate of drug-likeness (QED) is 0.536. The number of benzene rings is 2. The molecule has 2 rings (SSSR count). The standard InChI is InChI=1S/C23H29NO4.C4H10/c1-15-12-17(13-20(22(15)27)23(3,4)5)6-11-21(26)24-18-7-9-19(10-8-18)28-14-16(2)25;1-4(2)3/h7-10,12-13,27H,6,11,14H2,1-5H3,(H,24,26);4H,1-3H3. The van der Waals surface area contributed by atoms with Crippen molar-refractivity contribution in [2.45, 2.75) is 73.6 Å². The van der Waals surface area contributed by atoms with E-state index < -0.39 is 0 Å². The average molecular weight is 442 g/mol. The largest absolute Gasteiger partial charge is 0.507 e. The monoisotopic (exact) mass is 441 g/mol. The van der Waals surface area contributed by atoms with Gasteiger partial charge in [0.25, 0.3) is 0 Å². The first-order chi connectivity index (χ1) is 14.8. The van der Waals surface area contributed by atoms with Gasteiger partial charge in [0.05, 0.1) is 0 Å². The van der Waals surface area contributed by atoms with Gasteiger partial charge in [-0.2, -0.15) is 0 Å². The van der Waals surface area contributed by atoms with Crippen LogP contribution in [0.4, 0.5) is 5.69 Å². The third kappa shape index (κ3) is 9.99. The number of rotatable bonds is 7. The molecular formula is C27H39NO4. The van der Waals surface area contributed by atoms with E-state index >= 15 is 0 Å². The zero-order valence-electron chi connectivity index (χ0n) is 20.8. The molecule has 0 bridgehead atoms. The van der Waals surface area contributed by atoms with E-state index in [1.54, 1.807) is 24.3 Å². The maximum absolute atomic E-state index is 12.3. The van der Waals surface area contributed by atoms with E-state index in [9.17, 15) is 14.7 Å². The molecular weight excluding hydrogens is 402 g/mol. The first-order valence-corrected chi connectivity index (χ1v) is 11.1. The van der Waals surface area contributed by atoms with Crippen molar-refractivity contribution >= 4 is 17.4 Å². The Labute approximate surface area is 193 Å². The van der Waals surface area contributed by atoms with E-state index in [2.05, 4.69) is 46.9 Å². The summed E-state index contributed by atoms with van der Waals surface area (Å²) in [6, 6.07) is 10.8. The summed E-state index contributed by atoms with van der Waals surface area (Å²) in [4.78, 5) is 23.2. The van der Waals surface area contributed by atoms with Crippen LogP contribution in [0.3, 0.4) is 0 Å². The van der Waals surface area contributed by atoms with Gasteiger partial charge in [-0.1, -0.05) is 53.7 Å². The first kappa shape index (κ1) is 27.2. The van der Waals surface area contributed by atoms with Crippen LogP contribution in [0.25, 0.3) is 0 Å². The molecule has 0 saturated carbocycles. The summed E-state index contributed by atoms with van der Waals surface area (Å²) >= 11 is 0. The van der Waals surface area contributed by atoms with Crippen LogP contribution in [0.5, 0.6) is 11.5 Å². The van der Waals surface area contributed by atoms with Crippen molar-refractivity contribution in [1.82, 2.24) is 0 Å². The first-order valence-electron chi connectivity index (χ1n) is 11.1. The lowest BCUT2D eigenvalue weighted by Crippen LogP contribution is -2.14. The number of hydrogen-bond donors (Lipinski definition) is 2. The smallest absolute Gasteiger partial charge is 0.224 e. The number of carbonyl (C=O) groups excluding carboxylic acids is 2. The minimum Gasteiger partial charge on any atom is -0.507 e. The third-order valence-corrected chi connectivity index (χ3v) is 4.39. The Morgan fingerprint density at radius 3 is 2.12 bits per heavy atom. The lowest BCUT2D eigenvalue weighted by molar-refractivity contribution is -0.119. The van der Waals surface area contributed by atoms with Crippen LogP contribution in [-0.4, -0.2) is 23.4 Å². The molecule has 2 N–H and O–H groups in total. The normalized spacial score (nSPS) is 10.9. The molecule has 0 unspecified atom stereocenters. The molecule has 5 nitrogen and oxygen atoms in total. The lowest BCUT2D eigenvalue weighted by atomic mass is 9.83. The van der Waals surface area contributed by atoms with Crippen molar-refractivity contribution in [1.29, 1.82) is 0 Å². The van der Waals surface area contributed by atoms with Gasteiger partial charge in [-0.25, -0.2) is 0 Å². The van der Waals surface area contributed by atoms with Crippen LogP contribution in [0, 0.1) is 12.8 Å². The van der Waals surface area contributed by atoms with Crippen LogP contribution < -0.4 is 10.1 Å². The molecule has 2 aromatic rings. The van der Waals surface area contributed by atoms with Gasteiger partial charge in [0.15, 0.2) is 5.78 Å². The van der Waals surface area contributed by atoms with Gasteiger partial charge in [0.1, 0.15) is 18.1 Å². The van der Waals surface area contributed by atoms with E-state index in [0.717, 1.165) is 22.6 Å². The molecule has 2 aromatic carbocycles. The molecule has 0 aliphatic carbocycles. The number of ketones is 1. The highest BCUT2D eigenvalue weighted by molar-refractivity contribution is 5.90. The Balaban J connectivity index is 0.00000118. The zero-order valence-corrected chi connectivity index (χ0v) is 20.8. The number of ether oxygens (including phenoxy) is 1. The van der Waals surface area contributed by atoms with Gasteiger partial charge in [-0.05, 0) is 72.6 Å². The van der Waals surface area contributed by atoms with Crippen LogP contribution >= 0.6 is 0 Å². The van der Waals surface area contributed by atoms with Gasteiger partial charge in [0.2, 0.25) is 5.91 Å². The Hall–Kier alpha value is -2.82. The highest BCUT2D eigenvalue weighted by Gasteiger charge is 2.20. The predicted molar refractivity (Wildman–Crippen MR) is 132 cm³/mol. The topological polar surface area (TPSA) is 75.6 Å². The van der Waals surface area contributed by atoms with E-state index in [1.807, 2.05) is 19.1 Å². The van der Waals surface area contributed by atoms with Crippen molar-refractivity contribution in [3.63, 3.8) is 0 Å². The Morgan fingerprint density at radius 1 is 1.06 bits per heavy atom. The summed E-state index contributed by atoms with van der Waals surface area (Å²) in [6.45, 7) is 16.1. The second-order valence-electron chi connectivity index (χ2n) is 9.85. The predicted octanol–water partition coefficient (Wildman–Crippen LogP) is 6.20. The third-order valence-electron chi connectivity index (χ3n) is 4.39. The Kier molecular flexibility index (Phi) is 10.4. The molecule has 0 aromatic heterocycles. The summed E-state index contributed by atoms with van der Waals surface area (Å²) in [5, 5.41) is 13.2. The van der Waals surface area contributed by atoms with Gasteiger partial charge in [0, 0.05) is 12.1 Å². The van der Waals surface area contributed by atoms with Crippen LogP contribution in [0.15, 0.2) is 36.4 Å². The number of nitrogens with one attached hydrogen (secondary N) is 1. The zero-order chi connectivity index (χ0) is 24.5. The fourth-order valence-electron chi connectivity index (χ4n) is 2.87. The summed E-state index contributed by atoms with van der Waals surface area (Å²) in [5.74, 6) is 1.62. The second-order valence-corrected chi connectivity index (χ2v) is 9.85. The second kappa shape index (κ2) is 12.3. The number of phenolic OH excluding ortho intramolecular Hbond substituents is 1. The number of aromatic hydroxyl groups is 1. The van der Waals surface area contributed by atoms with E-state index in [0.29, 0.717) is 30.0 Å². The van der Waals surface area contributed by atoms with Crippen molar-refractivity contribution in [3.8, 4) is 11.5 Å². The number of anilines is 1. The molecule has 1 amide bonds. The number of carbonyl (C=O) groups is 2. The molecule has 0 aliphatic heterocycles. The minimum atomic E-state index is -0.167. The van der Waals surface area contributed by atoms with Crippen LogP contribution in [-0.2, 0) is 21.4 Å². The maximum Gasteiger partial charge on any atom is 0.224 e. The van der Waals surface area contributed by atoms with Crippen LogP contribution in [0.2, 0.25) is 0 Å². The van der Waals surface area contributed by atoms with Gasteiger partial charge in [-0.3, -0.25) is 9.59 Å². The molecule has 0 radical (unpaired) electrons. The van der Waals surface area contributed by atoms with Gasteiger partial charge >= 0.3 is 0 Å². The fraction of sp³-hybridized carbons (Fsp3) is 0.481. The Morgan fingerprint density at radius 2 is 1.62 bits per heavy atom. The number of hydrogen-bond acceptors (Lipinski definition) is 4. The molecule has 5 heteroatoms. The lowest BCUT2D eigenvalue weighted by Gasteiger charge is -2.22. The summed E-state index contributed by atoms with van der Waals surface area (Å²) in [5.41, 5.74) is 3.26. The minimum absolute atomic E-state index is 0.0360. The Bertz CT molecular complexity index is 890. The molecule has 0 aliphatic rings. The van der Waals surface area contributed by atoms with Gasteiger partial charge in [-0.15, -0.1) is 0 Å². The fourth-order valence-corrected chi connectivity index (χ4v) is 2.87. The van der Waals surface area contributed by atoms with E-state index in [-0.39, 0.29) is 23.7 Å². The average Bonchev–Trinajstić information content (AvgIpc) is 2.67. The molecule has 32 heavy (non-hydrogen) atoms. The highest BCUT2D eigenvalue weighted by Crippen LogP contribution is 2.34. The number of Topliss-reactive ketones (excluding diaryl/α,β-unsaturated/α-hetero) is 1. The maximum atomic E-state index is 12.3. The summed E-state index contributed by atoms with van der Waals surface area (Å²) in [6.07, 6.45) is 0.937. The number of amides is 1. The highest BCUT2D eigenvalue weighted by atomic mass is 16.5. The van der Waals surface area contributed by atoms with Crippen LogP contribution in [0.1, 0.15) is 71.6 Å². The molecule has 0 heterocycles. The SMILES string of the molecule is CC(=O)COc1ccc(NC(=O)CCc2cc(C)c(O)c(C(C)(C)C)c2)cc1.CC(C)C.